The van der Waals surface area contributed by atoms with Crippen LogP contribution in [0.5, 0.6) is 0 Å². The van der Waals surface area contributed by atoms with Crippen molar-refractivity contribution in [3.8, 4) is 0 Å². The van der Waals surface area contributed by atoms with E-state index in [2.05, 4.69) is 9.71 Å². The minimum Gasteiger partial charge on any atom is -0.358 e. The molecular weight excluding hydrogens is 366 g/mol. The molecule has 11 nitrogen and oxygen atoms in total. The summed E-state index contributed by atoms with van der Waals surface area (Å²) < 4.78 is 26.8. The van der Waals surface area contributed by atoms with Crippen molar-refractivity contribution in [2.75, 3.05) is 25.0 Å². The summed E-state index contributed by atoms with van der Waals surface area (Å²) in [5, 5.41) is 21.6. The number of pyridine rings is 1. The first-order valence-corrected chi connectivity index (χ1v) is 8.75. The zero-order valence-corrected chi connectivity index (χ0v) is 14.4. The van der Waals surface area contributed by atoms with E-state index in [0.717, 1.165) is 18.3 Å². The molecule has 1 aromatic heterocycles. The topological polar surface area (TPSA) is 149 Å². The van der Waals surface area contributed by atoms with Crippen molar-refractivity contribution in [2.45, 2.75) is 4.90 Å². The Morgan fingerprint density at radius 2 is 1.81 bits per heavy atom. The van der Waals surface area contributed by atoms with E-state index in [-0.39, 0.29) is 18.8 Å². The van der Waals surface area contributed by atoms with E-state index in [4.69, 9.17) is 0 Å². The largest absolute Gasteiger partial charge is 0.358 e. The number of benzene rings is 1. The highest BCUT2D eigenvalue weighted by atomic mass is 32.2. The fourth-order valence-electron chi connectivity index (χ4n) is 2.09. The highest BCUT2D eigenvalue weighted by Gasteiger charge is 2.24. The quantitative estimate of drug-likeness (QED) is 0.531. The van der Waals surface area contributed by atoms with E-state index >= 15 is 0 Å². The summed E-state index contributed by atoms with van der Waals surface area (Å²) >= 11 is 0. The van der Waals surface area contributed by atoms with Crippen molar-refractivity contribution in [1.29, 1.82) is 0 Å². The van der Waals surface area contributed by atoms with Gasteiger partial charge in [-0.1, -0.05) is 12.1 Å². The molecule has 0 radical (unpaired) electrons. The molecule has 26 heavy (non-hydrogen) atoms. The lowest BCUT2D eigenvalue weighted by molar-refractivity contribution is -0.387. The minimum atomic E-state index is -4.06. The molecule has 0 spiro atoms. The minimum absolute atomic E-state index is 0.0381. The molecule has 0 bridgehead atoms. The van der Waals surface area contributed by atoms with Crippen LogP contribution < -0.4 is 9.62 Å². The Hall–Kier alpha value is -3.12. The van der Waals surface area contributed by atoms with Gasteiger partial charge in [-0.15, -0.1) is 0 Å². The third-order valence-corrected chi connectivity index (χ3v) is 4.93. The maximum Gasteiger partial charge on any atom is 0.289 e. The number of nitro groups is 2. The van der Waals surface area contributed by atoms with Gasteiger partial charge in [0.05, 0.1) is 9.85 Å². The van der Waals surface area contributed by atoms with Gasteiger partial charge in [-0.2, -0.15) is 0 Å². The fourth-order valence-corrected chi connectivity index (χ4v) is 3.28. The van der Waals surface area contributed by atoms with Gasteiger partial charge < -0.3 is 4.90 Å². The van der Waals surface area contributed by atoms with Crippen molar-refractivity contribution < 1.29 is 18.3 Å². The van der Waals surface area contributed by atoms with Crippen molar-refractivity contribution >= 4 is 27.2 Å². The Labute approximate surface area is 148 Å². The molecule has 0 fully saturated rings. The summed E-state index contributed by atoms with van der Waals surface area (Å²) in [5.74, 6) is 0.417. The number of nitrogens with one attached hydrogen (secondary N) is 1. The fraction of sp³-hybridized carbons (Fsp3) is 0.214. The van der Waals surface area contributed by atoms with Gasteiger partial charge >= 0.3 is 0 Å². The van der Waals surface area contributed by atoms with E-state index in [1.807, 2.05) is 0 Å². The lowest BCUT2D eigenvalue weighted by Gasteiger charge is -2.18. The van der Waals surface area contributed by atoms with Crippen LogP contribution >= 0.6 is 0 Å². The molecule has 1 heterocycles. The lowest BCUT2D eigenvalue weighted by atomic mass is 10.3. The number of anilines is 1. The molecule has 0 amide bonds. The monoisotopic (exact) mass is 381 g/mol. The van der Waals surface area contributed by atoms with Gasteiger partial charge in [0.15, 0.2) is 4.90 Å². The number of likely N-dealkylation sites (N-methyl/N-ethyl adjacent to an activating group) is 1. The molecule has 0 atom stereocenters. The zero-order chi connectivity index (χ0) is 19.3. The molecule has 1 aromatic carbocycles. The normalized spacial score (nSPS) is 11.1. The summed E-state index contributed by atoms with van der Waals surface area (Å²) in [6.07, 6.45) is 1.10. The van der Waals surface area contributed by atoms with Gasteiger partial charge in [-0.25, -0.2) is 18.1 Å². The highest BCUT2D eigenvalue weighted by molar-refractivity contribution is 7.89. The van der Waals surface area contributed by atoms with Gasteiger partial charge in [-0.3, -0.25) is 20.2 Å². The Balaban J connectivity index is 2.02. The van der Waals surface area contributed by atoms with Crippen LogP contribution in [0.1, 0.15) is 0 Å². The van der Waals surface area contributed by atoms with Crippen molar-refractivity contribution in [1.82, 2.24) is 9.71 Å². The van der Waals surface area contributed by atoms with E-state index in [1.165, 1.54) is 24.3 Å². The summed E-state index contributed by atoms with van der Waals surface area (Å²) in [5.41, 5.74) is -0.662. The Morgan fingerprint density at radius 3 is 2.38 bits per heavy atom. The molecule has 2 rings (SSSR count). The van der Waals surface area contributed by atoms with E-state index in [9.17, 15) is 28.6 Å². The third kappa shape index (κ3) is 4.49. The SMILES string of the molecule is CN(CCNS(=O)(=O)c1ccccc1[N+](=O)[O-])c1ccc([N+](=O)[O-])cn1. The first-order valence-electron chi connectivity index (χ1n) is 7.27. The van der Waals surface area contributed by atoms with E-state index in [0.29, 0.717) is 5.82 Å². The van der Waals surface area contributed by atoms with Gasteiger partial charge in [0.25, 0.3) is 11.4 Å². The first kappa shape index (κ1) is 19.2. The first-order chi connectivity index (χ1) is 12.2. The summed E-state index contributed by atoms with van der Waals surface area (Å²) in [6, 6.07) is 7.77. The van der Waals surface area contributed by atoms with Crippen LogP contribution in [0.15, 0.2) is 47.5 Å². The van der Waals surface area contributed by atoms with Gasteiger partial charge in [0, 0.05) is 32.3 Å². The number of aromatic nitrogens is 1. The summed E-state index contributed by atoms with van der Waals surface area (Å²) in [4.78, 5) is 25.3. The smallest absolute Gasteiger partial charge is 0.289 e. The Bertz CT molecular complexity index is 916. The number of rotatable bonds is 8. The third-order valence-electron chi connectivity index (χ3n) is 3.42. The average molecular weight is 381 g/mol. The molecule has 0 aliphatic carbocycles. The number of sulfonamides is 1. The lowest BCUT2D eigenvalue weighted by Crippen LogP contribution is -2.33. The molecule has 0 unspecified atom stereocenters. The van der Waals surface area contributed by atoms with Gasteiger partial charge in [0.1, 0.15) is 12.0 Å². The van der Waals surface area contributed by atoms with Crippen LogP contribution in [-0.4, -0.2) is 43.4 Å². The molecule has 0 saturated carbocycles. The van der Waals surface area contributed by atoms with Gasteiger partial charge in [0.2, 0.25) is 10.0 Å². The number of hydrogen-bond acceptors (Lipinski definition) is 8. The maximum atomic E-state index is 12.3. The maximum absolute atomic E-state index is 12.3. The molecule has 0 aliphatic rings. The number of nitro benzene ring substituents is 1. The van der Waals surface area contributed by atoms with Crippen molar-refractivity contribution in [3.63, 3.8) is 0 Å². The number of hydrogen-bond donors (Lipinski definition) is 1. The van der Waals surface area contributed by atoms with Crippen LogP contribution in [0.2, 0.25) is 0 Å². The second-order valence-electron chi connectivity index (χ2n) is 5.18. The predicted octanol–water partition coefficient (Wildman–Crippen LogP) is 1.31. The second-order valence-corrected chi connectivity index (χ2v) is 6.91. The highest BCUT2D eigenvalue weighted by Crippen LogP contribution is 2.22. The van der Waals surface area contributed by atoms with Crippen LogP contribution in [0.4, 0.5) is 17.2 Å². The standard InChI is InChI=1S/C14H15N5O6S/c1-17(14-7-6-11(10-15-14)18(20)21)9-8-16-26(24,25)13-5-3-2-4-12(13)19(22)23/h2-7,10,16H,8-9H2,1H3. The Morgan fingerprint density at radius 1 is 1.12 bits per heavy atom. The average Bonchev–Trinajstić information content (AvgIpc) is 2.61. The molecule has 0 aliphatic heterocycles. The molecule has 1 N–H and O–H groups in total. The molecule has 0 saturated heterocycles. The van der Waals surface area contributed by atoms with Crippen molar-refractivity contribution in [2.24, 2.45) is 0 Å². The second kappa shape index (κ2) is 7.84. The number of nitrogens with zero attached hydrogens (tertiary/aromatic N) is 4. The van der Waals surface area contributed by atoms with E-state index in [1.54, 1.807) is 11.9 Å². The molecule has 138 valence electrons. The van der Waals surface area contributed by atoms with Gasteiger partial charge in [-0.05, 0) is 12.1 Å². The van der Waals surface area contributed by atoms with Crippen molar-refractivity contribution in [3.05, 3.63) is 62.8 Å². The molecule has 12 heteroatoms. The summed E-state index contributed by atoms with van der Waals surface area (Å²) in [7, 11) is -2.43. The van der Waals surface area contributed by atoms with Crippen LogP contribution in [0.25, 0.3) is 0 Å². The molecular formula is C14H15N5O6S. The van der Waals surface area contributed by atoms with E-state index < -0.39 is 30.5 Å². The summed E-state index contributed by atoms with van der Waals surface area (Å²) in [6.45, 7) is 0.161. The molecule has 2 aromatic rings. The predicted molar refractivity (Wildman–Crippen MR) is 92.4 cm³/mol. The number of para-hydroxylation sites is 1. The zero-order valence-electron chi connectivity index (χ0n) is 13.6. The Kier molecular flexibility index (Phi) is 5.79. The van der Waals surface area contributed by atoms with Crippen LogP contribution in [0.3, 0.4) is 0 Å². The van der Waals surface area contributed by atoms with Crippen LogP contribution in [-0.2, 0) is 10.0 Å². The van der Waals surface area contributed by atoms with Crippen LogP contribution in [0, 0.1) is 20.2 Å².